The smallest absolute Gasteiger partial charge is 0.161 e. The first-order valence-corrected chi connectivity index (χ1v) is 10.2. The van der Waals surface area contributed by atoms with Crippen LogP contribution in [0.1, 0.15) is 54.8 Å². The zero-order valence-corrected chi connectivity index (χ0v) is 15.9. The molecule has 1 aliphatic rings. The van der Waals surface area contributed by atoms with Crippen LogP contribution in [0.5, 0.6) is 0 Å². The van der Waals surface area contributed by atoms with E-state index in [1.54, 1.807) is 12.4 Å². The summed E-state index contributed by atoms with van der Waals surface area (Å²) >= 11 is 1.81. The minimum atomic E-state index is -0.301. The Hall–Kier alpha value is -1.89. The standard InChI is InChI=1S/C20H25N5S/c1-12(21)17(22)18-16-14-6-4-2-3-5-7-15(14)26-20(16)25-19(24-18)13-8-10-23-11-9-13/h8-12,17H,2-7,21-22H2,1H3. The van der Waals surface area contributed by atoms with E-state index in [9.17, 15) is 0 Å². The van der Waals surface area contributed by atoms with Crippen molar-refractivity contribution in [2.75, 3.05) is 0 Å². The molecule has 0 aliphatic heterocycles. The number of aryl methyl sites for hydroxylation is 2. The van der Waals surface area contributed by atoms with Crippen molar-refractivity contribution in [3.63, 3.8) is 0 Å². The first-order chi connectivity index (χ1) is 12.6. The van der Waals surface area contributed by atoms with Gasteiger partial charge < -0.3 is 11.5 Å². The lowest BCUT2D eigenvalue weighted by atomic mass is 9.95. The molecule has 2 atom stereocenters. The van der Waals surface area contributed by atoms with Crippen LogP contribution >= 0.6 is 11.3 Å². The number of nitrogens with two attached hydrogens (primary N) is 2. The number of pyridine rings is 1. The summed E-state index contributed by atoms with van der Waals surface area (Å²) in [6.45, 7) is 1.95. The van der Waals surface area contributed by atoms with Crippen molar-refractivity contribution in [1.82, 2.24) is 15.0 Å². The average Bonchev–Trinajstić information content (AvgIpc) is 2.97. The van der Waals surface area contributed by atoms with Crippen LogP contribution in [-0.2, 0) is 12.8 Å². The Kier molecular flexibility index (Phi) is 4.98. The number of hydrogen-bond donors (Lipinski definition) is 2. The Balaban J connectivity index is 1.95. The summed E-state index contributed by atoms with van der Waals surface area (Å²) in [5, 5.41) is 1.16. The van der Waals surface area contributed by atoms with Gasteiger partial charge in [-0.15, -0.1) is 11.3 Å². The van der Waals surface area contributed by atoms with E-state index in [1.165, 1.54) is 36.1 Å². The van der Waals surface area contributed by atoms with Crippen molar-refractivity contribution in [2.45, 2.75) is 57.5 Å². The lowest BCUT2D eigenvalue weighted by molar-refractivity contribution is 0.578. The second-order valence-electron chi connectivity index (χ2n) is 7.15. The number of rotatable bonds is 3. The molecule has 3 aromatic heterocycles. The number of hydrogen-bond acceptors (Lipinski definition) is 6. The Morgan fingerprint density at radius 1 is 1.00 bits per heavy atom. The average molecular weight is 368 g/mol. The Bertz CT molecular complexity index is 903. The summed E-state index contributed by atoms with van der Waals surface area (Å²) in [6.07, 6.45) is 10.8. The van der Waals surface area contributed by atoms with Gasteiger partial charge in [0.1, 0.15) is 4.83 Å². The van der Waals surface area contributed by atoms with Gasteiger partial charge in [-0.25, -0.2) is 9.97 Å². The summed E-state index contributed by atoms with van der Waals surface area (Å²) in [4.78, 5) is 16.4. The minimum Gasteiger partial charge on any atom is -0.326 e. The van der Waals surface area contributed by atoms with Gasteiger partial charge in [-0.3, -0.25) is 4.98 Å². The van der Waals surface area contributed by atoms with Crippen molar-refractivity contribution < 1.29 is 0 Å². The van der Waals surface area contributed by atoms with Crippen molar-refractivity contribution >= 4 is 21.6 Å². The topological polar surface area (TPSA) is 90.7 Å². The van der Waals surface area contributed by atoms with Crippen LogP contribution in [0.2, 0.25) is 0 Å². The molecule has 0 saturated heterocycles. The molecule has 2 unspecified atom stereocenters. The van der Waals surface area contributed by atoms with Crippen LogP contribution in [0, 0.1) is 0 Å². The van der Waals surface area contributed by atoms with E-state index in [1.807, 2.05) is 30.4 Å². The Labute approximate surface area is 157 Å². The van der Waals surface area contributed by atoms with E-state index < -0.39 is 0 Å². The molecule has 4 N–H and O–H groups in total. The molecule has 0 radical (unpaired) electrons. The van der Waals surface area contributed by atoms with Crippen LogP contribution in [0.25, 0.3) is 21.6 Å². The molecule has 6 heteroatoms. The van der Waals surface area contributed by atoms with Crippen LogP contribution in [0.15, 0.2) is 24.5 Å². The van der Waals surface area contributed by atoms with E-state index in [0.717, 1.165) is 34.3 Å². The van der Waals surface area contributed by atoms with Crippen molar-refractivity contribution in [3.8, 4) is 11.4 Å². The zero-order chi connectivity index (χ0) is 18.1. The van der Waals surface area contributed by atoms with Crippen LogP contribution in [0.3, 0.4) is 0 Å². The molecule has 5 nitrogen and oxygen atoms in total. The third-order valence-electron chi connectivity index (χ3n) is 5.16. The fourth-order valence-corrected chi connectivity index (χ4v) is 4.93. The minimum absolute atomic E-state index is 0.164. The number of fused-ring (bicyclic) bond motifs is 3. The van der Waals surface area contributed by atoms with Gasteiger partial charge in [0, 0.05) is 34.3 Å². The molecule has 3 aromatic rings. The van der Waals surface area contributed by atoms with Crippen molar-refractivity contribution in [2.24, 2.45) is 11.5 Å². The third-order valence-corrected chi connectivity index (χ3v) is 6.35. The molecule has 0 saturated carbocycles. The van der Waals surface area contributed by atoms with E-state index in [4.69, 9.17) is 21.4 Å². The maximum atomic E-state index is 6.49. The molecule has 0 aromatic carbocycles. The summed E-state index contributed by atoms with van der Waals surface area (Å²) in [6, 6.07) is 3.41. The molecule has 136 valence electrons. The molecule has 0 spiro atoms. The third kappa shape index (κ3) is 3.24. The molecule has 1 aliphatic carbocycles. The number of aromatic nitrogens is 3. The van der Waals surface area contributed by atoms with E-state index in [-0.39, 0.29) is 12.1 Å². The summed E-state index contributed by atoms with van der Waals surface area (Å²) in [5.74, 6) is 0.709. The zero-order valence-electron chi connectivity index (χ0n) is 15.1. The van der Waals surface area contributed by atoms with Gasteiger partial charge in [-0.1, -0.05) is 12.8 Å². The van der Waals surface area contributed by atoms with Gasteiger partial charge in [0.15, 0.2) is 5.82 Å². The fraction of sp³-hybridized carbons (Fsp3) is 0.450. The highest BCUT2D eigenvalue weighted by molar-refractivity contribution is 7.18. The normalized spacial score (nSPS) is 17.3. The second kappa shape index (κ2) is 7.39. The maximum Gasteiger partial charge on any atom is 0.161 e. The van der Waals surface area contributed by atoms with Gasteiger partial charge in [0.25, 0.3) is 0 Å². The van der Waals surface area contributed by atoms with Gasteiger partial charge >= 0.3 is 0 Å². The SMILES string of the molecule is CC(N)C(N)c1nc(-c2ccncc2)nc2sc3c(c12)CCCCCC3. The molecule has 3 heterocycles. The Morgan fingerprint density at radius 3 is 2.46 bits per heavy atom. The monoisotopic (exact) mass is 367 g/mol. The predicted molar refractivity (Wildman–Crippen MR) is 107 cm³/mol. The number of thiophene rings is 1. The summed E-state index contributed by atoms with van der Waals surface area (Å²) in [5.41, 5.74) is 15.9. The van der Waals surface area contributed by atoms with E-state index in [2.05, 4.69) is 4.98 Å². The molecule has 4 rings (SSSR count). The molecule has 0 bridgehead atoms. The highest BCUT2D eigenvalue weighted by atomic mass is 32.1. The largest absolute Gasteiger partial charge is 0.326 e. The Morgan fingerprint density at radius 2 is 1.73 bits per heavy atom. The lowest BCUT2D eigenvalue weighted by Crippen LogP contribution is -2.32. The quantitative estimate of drug-likeness (QED) is 0.735. The molecule has 0 fully saturated rings. The first-order valence-electron chi connectivity index (χ1n) is 9.39. The lowest BCUT2D eigenvalue weighted by Gasteiger charge is -2.18. The first kappa shape index (κ1) is 17.5. The second-order valence-corrected chi connectivity index (χ2v) is 8.24. The fourth-order valence-electron chi connectivity index (χ4n) is 3.66. The van der Waals surface area contributed by atoms with Crippen LogP contribution in [-0.4, -0.2) is 21.0 Å². The highest BCUT2D eigenvalue weighted by Gasteiger charge is 2.24. The van der Waals surface area contributed by atoms with Crippen molar-refractivity contribution in [3.05, 3.63) is 40.7 Å². The molecular weight excluding hydrogens is 342 g/mol. The predicted octanol–water partition coefficient (Wildman–Crippen LogP) is 3.76. The number of nitrogens with zero attached hydrogens (tertiary/aromatic N) is 3. The summed E-state index contributed by atoms with van der Waals surface area (Å²) < 4.78 is 0. The van der Waals surface area contributed by atoms with Crippen LogP contribution < -0.4 is 11.5 Å². The van der Waals surface area contributed by atoms with Crippen molar-refractivity contribution in [1.29, 1.82) is 0 Å². The van der Waals surface area contributed by atoms with E-state index >= 15 is 0 Å². The van der Waals surface area contributed by atoms with Gasteiger partial charge in [-0.2, -0.15) is 0 Å². The molecule has 0 amide bonds. The highest BCUT2D eigenvalue weighted by Crippen LogP contribution is 2.38. The summed E-state index contributed by atoms with van der Waals surface area (Å²) in [7, 11) is 0. The van der Waals surface area contributed by atoms with Gasteiger partial charge in [0.2, 0.25) is 0 Å². The molecule has 26 heavy (non-hydrogen) atoms. The maximum absolute atomic E-state index is 6.49. The van der Waals surface area contributed by atoms with Gasteiger partial charge in [-0.05, 0) is 50.3 Å². The van der Waals surface area contributed by atoms with E-state index in [0.29, 0.717) is 5.82 Å². The van der Waals surface area contributed by atoms with Gasteiger partial charge in [0.05, 0.1) is 11.7 Å². The molecular formula is C20H25N5S. The van der Waals surface area contributed by atoms with Crippen LogP contribution in [0.4, 0.5) is 0 Å².